The number of carbonyl (C=O) groups excluding carboxylic acids is 1. The highest BCUT2D eigenvalue weighted by Crippen LogP contribution is 2.39. The average molecular weight is 391 g/mol. The first-order chi connectivity index (χ1) is 13.4. The maximum atomic E-state index is 13.2. The lowest BCUT2D eigenvalue weighted by molar-refractivity contribution is 0.0962. The molecule has 1 N–H and O–H groups in total. The number of nitrogens with one attached hydrogen (secondary N) is 1. The lowest BCUT2D eigenvalue weighted by Crippen LogP contribution is -2.41. The topological polar surface area (TPSA) is 63.2 Å². The number of aryl methyl sites for hydroxylation is 2. The van der Waals surface area contributed by atoms with Crippen molar-refractivity contribution in [2.45, 2.75) is 30.7 Å². The molecule has 0 heterocycles. The van der Waals surface area contributed by atoms with Gasteiger partial charge >= 0.3 is 0 Å². The number of sulfonamides is 1. The predicted molar refractivity (Wildman–Crippen MR) is 109 cm³/mol. The molecule has 0 unspecified atom stereocenters. The van der Waals surface area contributed by atoms with E-state index in [-0.39, 0.29) is 16.6 Å². The first-order valence-corrected chi connectivity index (χ1v) is 10.6. The molecule has 0 aromatic heterocycles. The molecule has 0 saturated heterocycles. The molecule has 142 valence electrons. The zero-order valence-corrected chi connectivity index (χ0v) is 16.5. The minimum Gasteiger partial charge on any atom is -0.292 e. The van der Waals surface area contributed by atoms with Crippen molar-refractivity contribution in [1.82, 2.24) is 4.72 Å². The Kier molecular flexibility index (Phi) is 4.65. The van der Waals surface area contributed by atoms with E-state index in [1.807, 2.05) is 62.4 Å². The van der Waals surface area contributed by atoms with Crippen LogP contribution in [-0.2, 0) is 10.0 Å². The highest BCUT2D eigenvalue weighted by atomic mass is 32.2. The fourth-order valence-electron chi connectivity index (χ4n) is 3.76. The van der Waals surface area contributed by atoms with Crippen LogP contribution in [0.5, 0.6) is 0 Å². The van der Waals surface area contributed by atoms with Gasteiger partial charge in [-0.05, 0) is 43.2 Å². The van der Waals surface area contributed by atoms with E-state index in [4.69, 9.17) is 0 Å². The number of hydrogen-bond donors (Lipinski definition) is 1. The van der Waals surface area contributed by atoms with Crippen molar-refractivity contribution in [2.24, 2.45) is 0 Å². The van der Waals surface area contributed by atoms with Crippen LogP contribution in [0.15, 0.2) is 77.7 Å². The van der Waals surface area contributed by atoms with Gasteiger partial charge in [0.2, 0.25) is 10.0 Å². The molecule has 3 aromatic carbocycles. The third-order valence-corrected chi connectivity index (χ3v) is 6.65. The Hall–Kier alpha value is -2.76. The normalized spacial score (nSPS) is 18.9. The van der Waals surface area contributed by atoms with Gasteiger partial charge in [-0.25, -0.2) is 8.42 Å². The Labute approximate surface area is 165 Å². The molecule has 1 aliphatic carbocycles. The van der Waals surface area contributed by atoms with Gasteiger partial charge in [0, 0.05) is 11.5 Å². The molecule has 0 fully saturated rings. The van der Waals surface area contributed by atoms with Gasteiger partial charge < -0.3 is 0 Å². The monoisotopic (exact) mass is 391 g/mol. The minimum atomic E-state index is -3.83. The number of fused-ring (bicyclic) bond motifs is 1. The first-order valence-electron chi connectivity index (χ1n) is 9.15. The van der Waals surface area contributed by atoms with E-state index in [2.05, 4.69) is 4.72 Å². The van der Waals surface area contributed by atoms with Gasteiger partial charge in [-0.2, -0.15) is 4.72 Å². The van der Waals surface area contributed by atoms with Gasteiger partial charge in [0.15, 0.2) is 5.78 Å². The molecule has 5 heteroatoms. The lowest BCUT2D eigenvalue weighted by atomic mass is 9.90. The second-order valence-electron chi connectivity index (χ2n) is 7.26. The summed E-state index contributed by atoms with van der Waals surface area (Å²) >= 11 is 0. The van der Waals surface area contributed by atoms with Crippen molar-refractivity contribution < 1.29 is 13.2 Å². The lowest BCUT2D eigenvalue weighted by Gasteiger charge is -2.21. The van der Waals surface area contributed by atoms with Crippen LogP contribution in [0.25, 0.3) is 0 Å². The zero-order chi connectivity index (χ0) is 19.9. The molecular weight excluding hydrogens is 370 g/mol. The van der Waals surface area contributed by atoms with Crippen LogP contribution in [0.3, 0.4) is 0 Å². The highest BCUT2D eigenvalue weighted by Gasteiger charge is 2.42. The van der Waals surface area contributed by atoms with Crippen LogP contribution in [0.4, 0.5) is 0 Å². The van der Waals surface area contributed by atoms with Gasteiger partial charge in [-0.15, -0.1) is 0 Å². The SMILES string of the molecule is Cc1ccc(S(=O)(=O)N[C@@H]2C(=O)c3cc(C)ccc3[C@H]2c2ccccc2)cc1. The molecule has 3 aromatic rings. The van der Waals surface area contributed by atoms with Crippen LogP contribution in [0.1, 0.15) is 38.5 Å². The van der Waals surface area contributed by atoms with Crippen LogP contribution in [0.2, 0.25) is 0 Å². The molecule has 2 atom stereocenters. The minimum absolute atomic E-state index is 0.157. The number of ketones is 1. The maximum Gasteiger partial charge on any atom is 0.241 e. The molecular formula is C23H21NO3S. The standard InChI is InChI=1S/C23H21NO3S/c1-15-8-11-18(12-9-15)28(26,27)24-22-21(17-6-4-3-5-7-17)19-13-10-16(2)14-20(19)23(22)25/h3-14,21-22,24H,1-2H3/t21-,22+/m1/s1. The second kappa shape index (κ2) is 7.00. The van der Waals surface area contributed by atoms with Crippen LogP contribution >= 0.6 is 0 Å². The molecule has 0 spiro atoms. The predicted octanol–water partition coefficient (Wildman–Crippen LogP) is 3.98. The van der Waals surface area contributed by atoms with Gasteiger partial charge in [0.05, 0.1) is 10.9 Å². The van der Waals surface area contributed by atoms with Crippen LogP contribution < -0.4 is 4.72 Å². The summed E-state index contributed by atoms with van der Waals surface area (Å²) in [4.78, 5) is 13.3. The fraction of sp³-hybridized carbons (Fsp3) is 0.174. The molecule has 0 radical (unpaired) electrons. The van der Waals surface area contributed by atoms with E-state index < -0.39 is 16.1 Å². The summed E-state index contributed by atoms with van der Waals surface area (Å²) < 4.78 is 28.6. The molecule has 4 rings (SSSR count). The number of rotatable bonds is 4. The van der Waals surface area contributed by atoms with E-state index in [0.717, 1.165) is 22.3 Å². The van der Waals surface area contributed by atoms with Crippen molar-refractivity contribution >= 4 is 15.8 Å². The smallest absolute Gasteiger partial charge is 0.241 e. The molecule has 1 aliphatic rings. The first kappa shape index (κ1) is 18.6. The summed E-state index contributed by atoms with van der Waals surface area (Å²) in [6, 6.07) is 21.0. The van der Waals surface area contributed by atoms with E-state index in [9.17, 15) is 13.2 Å². The van der Waals surface area contributed by atoms with Crippen molar-refractivity contribution in [3.63, 3.8) is 0 Å². The number of Topliss-reactive ketones (excluding diaryl/α,β-unsaturated/α-hetero) is 1. The van der Waals surface area contributed by atoms with Gasteiger partial charge in [0.1, 0.15) is 0 Å². The largest absolute Gasteiger partial charge is 0.292 e. The maximum absolute atomic E-state index is 13.2. The molecule has 0 amide bonds. The van der Waals surface area contributed by atoms with Crippen molar-refractivity contribution in [3.05, 3.63) is 101 Å². The van der Waals surface area contributed by atoms with Crippen molar-refractivity contribution in [2.75, 3.05) is 0 Å². The van der Waals surface area contributed by atoms with E-state index in [0.29, 0.717) is 5.56 Å². The summed E-state index contributed by atoms with van der Waals surface area (Å²) in [5, 5.41) is 0. The second-order valence-corrected chi connectivity index (χ2v) is 8.97. The van der Waals surface area contributed by atoms with Crippen LogP contribution in [0, 0.1) is 13.8 Å². The summed E-state index contributed by atoms with van der Waals surface area (Å²) in [5.41, 5.74) is 4.31. The van der Waals surface area contributed by atoms with Gasteiger partial charge in [0.25, 0.3) is 0 Å². The highest BCUT2D eigenvalue weighted by molar-refractivity contribution is 7.89. The molecule has 4 nitrogen and oxygen atoms in total. The molecule has 0 saturated carbocycles. The van der Waals surface area contributed by atoms with E-state index in [1.165, 1.54) is 0 Å². The molecule has 28 heavy (non-hydrogen) atoms. The van der Waals surface area contributed by atoms with Crippen molar-refractivity contribution in [1.29, 1.82) is 0 Å². The Bertz CT molecular complexity index is 1140. The number of benzene rings is 3. The van der Waals surface area contributed by atoms with Crippen molar-refractivity contribution in [3.8, 4) is 0 Å². The van der Waals surface area contributed by atoms with Crippen LogP contribution in [-0.4, -0.2) is 20.2 Å². The average Bonchev–Trinajstić information content (AvgIpc) is 2.94. The summed E-state index contributed by atoms with van der Waals surface area (Å²) in [7, 11) is -3.83. The summed E-state index contributed by atoms with van der Waals surface area (Å²) in [6.45, 7) is 3.82. The van der Waals surface area contributed by atoms with Gasteiger partial charge in [-0.3, -0.25) is 4.79 Å². The quantitative estimate of drug-likeness (QED) is 0.732. The number of carbonyl (C=O) groups is 1. The third-order valence-electron chi connectivity index (χ3n) is 5.20. The van der Waals surface area contributed by atoms with E-state index >= 15 is 0 Å². The summed E-state index contributed by atoms with van der Waals surface area (Å²) in [5.74, 6) is -0.548. The Morgan fingerprint density at radius 2 is 1.46 bits per heavy atom. The molecule has 0 bridgehead atoms. The Morgan fingerprint density at radius 1 is 0.821 bits per heavy atom. The fourth-order valence-corrected chi connectivity index (χ4v) is 4.97. The molecule has 0 aliphatic heterocycles. The van der Waals surface area contributed by atoms with E-state index in [1.54, 1.807) is 24.3 Å². The third kappa shape index (κ3) is 3.28. The number of hydrogen-bond acceptors (Lipinski definition) is 3. The Morgan fingerprint density at radius 3 is 2.14 bits per heavy atom. The van der Waals surface area contributed by atoms with Gasteiger partial charge in [-0.1, -0.05) is 65.7 Å². The Balaban J connectivity index is 1.78. The summed E-state index contributed by atoms with van der Waals surface area (Å²) in [6.07, 6.45) is 0. The zero-order valence-electron chi connectivity index (χ0n) is 15.7.